The maximum atomic E-state index is 12.1. The van der Waals surface area contributed by atoms with Crippen molar-refractivity contribution in [2.45, 2.75) is 13.0 Å². The van der Waals surface area contributed by atoms with Crippen molar-refractivity contribution in [2.75, 3.05) is 19.3 Å². The van der Waals surface area contributed by atoms with Gasteiger partial charge >= 0.3 is 0 Å². The summed E-state index contributed by atoms with van der Waals surface area (Å²) >= 11 is 0. The molecule has 0 saturated carbocycles. The highest BCUT2D eigenvalue weighted by Crippen LogP contribution is 2.18. The van der Waals surface area contributed by atoms with Gasteiger partial charge in [-0.15, -0.1) is 0 Å². The Morgan fingerprint density at radius 1 is 1.23 bits per heavy atom. The minimum atomic E-state index is -3.50. The van der Waals surface area contributed by atoms with Gasteiger partial charge in [0.05, 0.1) is 25.6 Å². The van der Waals surface area contributed by atoms with Gasteiger partial charge in [0.2, 0.25) is 15.9 Å². The lowest BCUT2D eigenvalue weighted by Crippen LogP contribution is -2.41. The van der Waals surface area contributed by atoms with Gasteiger partial charge in [0.25, 0.3) is 0 Å². The summed E-state index contributed by atoms with van der Waals surface area (Å²) in [6.07, 6.45) is 5.03. The molecule has 0 unspecified atom stereocenters. The number of H-pyrrole nitrogens is 1. The summed E-state index contributed by atoms with van der Waals surface area (Å²) in [5.74, 6) is 0.244. The van der Waals surface area contributed by atoms with Gasteiger partial charge in [-0.1, -0.05) is 18.2 Å². The Labute approximate surface area is 152 Å². The smallest absolute Gasteiger partial charge is 0.235 e. The van der Waals surface area contributed by atoms with Crippen molar-refractivity contribution in [1.29, 1.82) is 0 Å². The molecule has 0 atom stereocenters. The van der Waals surface area contributed by atoms with Crippen LogP contribution in [0.25, 0.3) is 10.9 Å². The number of nitrogens with zero attached hydrogens (tertiary/aromatic N) is 1. The SMILES string of the molecule is CS(=O)(=O)N(CCc1c[nH]c2ccccc12)CC(=O)NCc1ccco1. The second-order valence-corrected chi connectivity index (χ2v) is 8.04. The number of rotatable bonds is 8. The van der Waals surface area contributed by atoms with Gasteiger partial charge in [0.1, 0.15) is 5.76 Å². The van der Waals surface area contributed by atoms with Gasteiger partial charge in [0, 0.05) is 23.6 Å². The third-order valence-electron chi connectivity index (χ3n) is 4.13. The van der Waals surface area contributed by atoms with Crippen LogP contribution in [0.4, 0.5) is 0 Å². The van der Waals surface area contributed by atoms with Crippen LogP contribution >= 0.6 is 0 Å². The van der Waals surface area contributed by atoms with Crippen molar-refractivity contribution in [3.63, 3.8) is 0 Å². The van der Waals surface area contributed by atoms with E-state index in [4.69, 9.17) is 4.42 Å². The third kappa shape index (κ3) is 4.53. The molecule has 8 heteroatoms. The van der Waals surface area contributed by atoms with Gasteiger partial charge in [-0.05, 0) is 30.2 Å². The first kappa shape index (κ1) is 18.2. The van der Waals surface area contributed by atoms with E-state index in [1.54, 1.807) is 12.1 Å². The van der Waals surface area contributed by atoms with Crippen LogP contribution in [0.3, 0.4) is 0 Å². The molecule has 1 amide bonds. The number of aromatic amines is 1. The molecule has 0 aliphatic rings. The quantitative estimate of drug-likeness (QED) is 0.628. The van der Waals surface area contributed by atoms with E-state index < -0.39 is 10.0 Å². The Balaban J connectivity index is 1.62. The van der Waals surface area contributed by atoms with Crippen LogP contribution in [-0.2, 0) is 27.8 Å². The summed E-state index contributed by atoms with van der Waals surface area (Å²) in [5.41, 5.74) is 2.02. The molecule has 0 fully saturated rings. The predicted octanol–water partition coefficient (Wildman–Crippen LogP) is 1.88. The Kier molecular flexibility index (Phi) is 5.43. The van der Waals surface area contributed by atoms with E-state index in [2.05, 4.69) is 10.3 Å². The molecule has 138 valence electrons. The molecule has 2 aromatic heterocycles. The number of nitrogens with one attached hydrogen (secondary N) is 2. The number of carbonyl (C=O) groups excluding carboxylic acids is 1. The second kappa shape index (κ2) is 7.76. The lowest BCUT2D eigenvalue weighted by molar-refractivity contribution is -0.121. The Morgan fingerprint density at radius 2 is 2.04 bits per heavy atom. The van der Waals surface area contributed by atoms with Crippen LogP contribution in [-0.4, -0.2) is 43.0 Å². The molecule has 7 nitrogen and oxygen atoms in total. The number of furan rings is 1. The summed E-state index contributed by atoms with van der Waals surface area (Å²) < 4.78 is 30.4. The standard InChI is InChI=1S/C18H21N3O4S/c1-26(23,24)21(13-18(22)20-12-15-5-4-10-25-15)9-8-14-11-19-17-7-3-2-6-16(14)17/h2-7,10-11,19H,8-9,12-13H2,1H3,(H,20,22). The number of carbonyl (C=O) groups is 1. The van der Waals surface area contributed by atoms with Crippen LogP contribution < -0.4 is 5.32 Å². The van der Waals surface area contributed by atoms with Crippen LogP contribution in [0.5, 0.6) is 0 Å². The monoisotopic (exact) mass is 375 g/mol. The molecule has 0 bridgehead atoms. The fourth-order valence-electron chi connectivity index (χ4n) is 2.76. The molecular weight excluding hydrogens is 354 g/mol. The van der Waals surface area contributed by atoms with Crippen LogP contribution in [0.15, 0.2) is 53.3 Å². The van der Waals surface area contributed by atoms with E-state index in [1.807, 2.05) is 30.5 Å². The van der Waals surface area contributed by atoms with Crippen LogP contribution in [0.1, 0.15) is 11.3 Å². The van der Waals surface area contributed by atoms with E-state index in [0.717, 1.165) is 22.7 Å². The average Bonchev–Trinajstić information content (AvgIpc) is 3.25. The molecular formula is C18H21N3O4S. The number of hydrogen-bond acceptors (Lipinski definition) is 4. The number of fused-ring (bicyclic) bond motifs is 1. The minimum Gasteiger partial charge on any atom is -0.467 e. The summed E-state index contributed by atoms with van der Waals surface area (Å²) in [6.45, 7) is 0.239. The molecule has 26 heavy (non-hydrogen) atoms. The Bertz CT molecular complexity index is 977. The first-order valence-corrected chi connectivity index (χ1v) is 10.1. The van der Waals surface area contributed by atoms with E-state index in [0.29, 0.717) is 12.2 Å². The largest absolute Gasteiger partial charge is 0.467 e. The highest BCUT2D eigenvalue weighted by Gasteiger charge is 2.20. The third-order valence-corrected chi connectivity index (χ3v) is 5.38. The zero-order valence-electron chi connectivity index (χ0n) is 14.4. The number of para-hydroxylation sites is 1. The molecule has 0 radical (unpaired) electrons. The summed E-state index contributed by atoms with van der Waals surface area (Å²) in [7, 11) is -3.50. The Morgan fingerprint density at radius 3 is 2.77 bits per heavy atom. The average molecular weight is 375 g/mol. The maximum absolute atomic E-state index is 12.1. The lowest BCUT2D eigenvalue weighted by atomic mass is 10.1. The van der Waals surface area contributed by atoms with Crippen molar-refractivity contribution in [3.8, 4) is 0 Å². The molecule has 0 spiro atoms. The topological polar surface area (TPSA) is 95.4 Å². The molecule has 0 aliphatic heterocycles. The van der Waals surface area contributed by atoms with Crippen molar-refractivity contribution in [3.05, 3.63) is 60.2 Å². The lowest BCUT2D eigenvalue weighted by Gasteiger charge is -2.19. The van der Waals surface area contributed by atoms with Crippen molar-refractivity contribution in [1.82, 2.24) is 14.6 Å². The molecule has 2 heterocycles. The molecule has 1 aromatic carbocycles. The van der Waals surface area contributed by atoms with Crippen LogP contribution in [0.2, 0.25) is 0 Å². The number of benzene rings is 1. The van der Waals surface area contributed by atoms with Gasteiger partial charge in [0.15, 0.2) is 0 Å². The second-order valence-electron chi connectivity index (χ2n) is 6.06. The fourth-order valence-corrected chi connectivity index (χ4v) is 3.54. The summed E-state index contributed by atoms with van der Waals surface area (Å²) in [5, 5.41) is 3.72. The van der Waals surface area contributed by atoms with E-state index in [1.165, 1.54) is 10.6 Å². The van der Waals surface area contributed by atoms with Crippen molar-refractivity contribution < 1.29 is 17.6 Å². The normalized spacial score (nSPS) is 11.9. The number of amides is 1. The predicted molar refractivity (Wildman–Crippen MR) is 99.0 cm³/mol. The Hall–Kier alpha value is -2.58. The van der Waals surface area contributed by atoms with E-state index in [-0.39, 0.29) is 25.5 Å². The summed E-state index contributed by atoms with van der Waals surface area (Å²) in [4.78, 5) is 15.3. The van der Waals surface area contributed by atoms with Gasteiger partial charge < -0.3 is 14.7 Å². The zero-order valence-corrected chi connectivity index (χ0v) is 15.3. The molecule has 0 saturated heterocycles. The van der Waals surface area contributed by atoms with Gasteiger partial charge in [-0.2, -0.15) is 4.31 Å². The fraction of sp³-hybridized carbons (Fsp3) is 0.278. The number of sulfonamides is 1. The highest BCUT2D eigenvalue weighted by molar-refractivity contribution is 7.88. The maximum Gasteiger partial charge on any atom is 0.235 e. The zero-order chi connectivity index (χ0) is 18.6. The van der Waals surface area contributed by atoms with Crippen molar-refractivity contribution in [2.24, 2.45) is 0 Å². The van der Waals surface area contributed by atoms with Crippen molar-refractivity contribution >= 4 is 26.8 Å². The number of aromatic nitrogens is 1. The first-order chi connectivity index (χ1) is 12.4. The molecule has 0 aliphatic carbocycles. The van der Waals surface area contributed by atoms with Crippen LogP contribution in [0, 0.1) is 0 Å². The molecule has 3 aromatic rings. The van der Waals surface area contributed by atoms with E-state index in [9.17, 15) is 13.2 Å². The highest BCUT2D eigenvalue weighted by atomic mass is 32.2. The first-order valence-electron chi connectivity index (χ1n) is 8.22. The minimum absolute atomic E-state index is 0.220. The van der Waals surface area contributed by atoms with Gasteiger partial charge in [-0.25, -0.2) is 8.42 Å². The van der Waals surface area contributed by atoms with Gasteiger partial charge in [-0.3, -0.25) is 4.79 Å². The number of hydrogen-bond donors (Lipinski definition) is 2. The molecule has 2 N–H and O–H groups in total. The summed E-state index contributed by atoms with van der Waals surface area (Å²) in [6, 6.07) is 11.3. The van der Waals surface area contributed by atoms with E-state index >= 15 is 0 Å². The molecule has 3 rings (SSSR count).